The molecule has 26 heavy (non-hydrogen) atoms. The Kier molecular flexibility index (Phi) is 8.21. The SMILES string of the molecule is COc1nc(/C=C/C(=O)OC(C)(C)C)ccc1NC(=O)CC(OC)OC. The van der Waals surface area contributed by atoms with Crippen LogP contribution in [0.15, 0.2) is 18.2 Å². The summed E-state index contributed by atoms with van der Waals surface area (Å²) in [6, 6.07) is 3.27. The van der Waals surface area contributed by atoms with Gasteiger partial charge in [-0.1, -0.05) is 0 Å². The van der Waals surface area contributed by atoms with Crippen LogP contribution in [0.1, 0.15) is 32.9 Å². The highest BCUT2D eigenvalue weighted by atomic mass is 16.7. The molecule has 0 bridgehead atoms. The van der Waals surface area contributed by atoms with Gasteiger partial charge in [-0.25, -0.2) is 9.78 Å². The highest BCUT2D eigenvalue weighted by Gasteiger charge is 2.16. The van der Waals surface area contributed by atoms with Crippen LogP contribution in [0.4, 0.5) is 5.69 Å². The quantitative estimate of drug-likeness (QED) is 0.429. The van der Waals surface area contributed by atoms with Crippen LogP contribution in [0, 0.1) is 0 Å². The molecule has 0 aliphatic carbocycles. The Morgan fingerprint density at radius 3 is 2.38 bits per heavy atom. The highest BCUT2D eigenvalue weighted by molar-refractivity contribution is 5.92. The monoisotopic (exact) mass is 366 g/mol. The minimum absolute atomic E-state index is 0.0243. The molecule has 1 aromatic rings. The lowest BCUT2D eigenvalue weighted by atomic mass is 10.2. The summed E-state index contributed by atoms with van der Waals surface area (Å²) in [7, 11) is 4.34. The summed E-state index contributed by atoms with van der Waals surface area (Å²) in [5, 5.41) is 2.68. The fraction of sp³-hybridized carbons (Fsp3) is 0.500. The summed E-state index contributed by atoms with van der Waals surface area (Å²) < 4.78 is 20.4. The van der Waals surface area contributed by atoms with Gasteiger partial charge in [0.2, 0.25) is 11.8 Å². The van der Waals surface area contributed by atoms with Crippen LogP contribution in [0.5, 0.6) is 5.88 Å². The van der Waals surface area contributed by atoms with Crippen LogP contribution in [0.3, 0.4) is 0 Å². The van der Waals surface area contributed by atoms with Gasteiger partial charge in [-0.05, 0) is 39.0 Å². The number of rotatable bonds is 8. The molecule has 0 atom stereocenters. The summed E-state index contributed by atoms with van der Waals surface area (Å²) >= 11 is 0. The van der Waals surface area contributed by atoms with Gasteiger partial charge in [-0.15, -0.1) is 0 Å². The number of amides is 1. The van der Waals surface area contributed by atoms with Crippen LogP contribution in [0.25, 0.3) is 6.08 Å². The number of aromatic nitrogens is 1. The van der Waals surface area contributed by atoms with Gasteiger partial charge in [0.25, 0.3) is 0 Å². The molecule has 0 fully saturated rings. The first-order valence-corrected chi connectivity index (χ1v) is 8.00. The van der Waals surface area contributed by atoms with Crippen molar-refractivity contribution >= 4 is 23.6 Å². The van der Waals surface area contributed by atoms with Crippen LogP contribution < -0.4 is 10.1 Å². The standard InChI is InChI=1S/C18H26N2O6/c1-18(2,3)26-15(22)10-8-12-7-9-13(17(19-12)25-6)20-14(21)11-16(23-4)24-5/h7-10,16H,11H2,1-6H3,(H,20,21)/b10-8+. The van der Waals surface area contributed by atoms with Crippen molar-refractivity contribution in [3.8, 4) is 5.88 Å². The van der Waals surface area contributed by atoms with Gasteiger partial charge in [0, 0.05) is 20.3 Å². The number of nitrogens with one attached hydrogen (secondary N) is 1. The molecule has 0 aromatic carbocycles. The smallest absolute Gasteiger partial charge is 0.331 e. The van der Waals surface area contributed by atoms with E-state index in [1.807, 2.05) is 0 Å². The molecular weight excluding hydrogens is 340 g/mol. The minimum atomic E-state index is -0.634. The fourth-order valence-electron chi connectivity index (χ4n) is 1.90. The van der Waals surface area contributed by atoms with Crippen molar-refractivity contribution in [2.24, 2.45) is 0 Å². The lowest BCUT2D eigenvalue weighted by Gasteiger charge is -2.17. The first kappa shape index (κ1) is 21.6. The van der Waals surface area contributed by atoms with Gasteiger partial charge in [-0.2, -0.15) is 0 Å². The van der Waals surface area contributed by atoms with E-state index in [2.05, 4.69) is 10.3 Å². The molecule has 1 heterocycles. The largest absolute Gasteiger partial charge is 0.479 e. The maximum atomic E-state index is 12.0. The average Bonchev–Trinajstić information content (AvgIpc) is 2.57. The number of ether oxygens (including phenoxy) is 4. The van der Waals surface area contributed by atoms with Crippen LogP contribution in [0.2, 0.25) is 0 Å². The zero-order valence-corrected chi connectivity index (χ0v) is 16.0. The third-order valence-electron chi connectivity index (χ3n) is 3.02. The van der Waals surface area contributed by atoms with Crippen molar-refractivity contribution in [2.75, 3.05) is 26.6 Å². The zero-order valence-electron chi connectivity index (χ0n) is 16.0. The average molecular weight is 366 g/mol. The molecule has 8 heteroatoms. The number of carbonyl (C=O) groups is 2. The molecule has 1 rings (SSSR count). The molecule has 0 aliphatic heterocycles. The van der Waals surface area contributed by atoms with E-state index in [0.717, 1.165) is 0 Å². The number of hydrogen-bond acceptors (Lipinski definition) is 7. The number of esters is 1. The molecule has 0 aliphatic rings. The zero-order chi connectivity index (χ0) is 19.7. The maximum Gasteiger partial charge on any atom is 0.331 e. The number of hydrogen-bond donors (Lipinski definition) is 1. The van der Waals surface area contributed by atoms with Crippen molar-refractivity contribution in [1.29, 1.82) is 0 Å². The van der Waals surface area contributed by atoms with Crippen LogP contribution >= 0.6 is 0 Å². The molecule has 0 saturated heterocycles. The predicted octanol–water partition coefficient (Wildman–Crippen LogP) is 2.39. The molecule has 1 aromatic heterocycles. The Morgan fingerprint density at radius 1 is 1.19 bits per heavy atom. The third kappa shape index (κ3) is 7.62. The van der Waals surface area contributed by atoms with Gasteiger partial charge in [0.1, 0.15) is 11.3 Å². The number of anilines is 1. The van der Waals surface area contributed by atoms with E-state index in [9.17, 15) is 9.59 Å². The third-order valence-corrected chi connectivity index (χ3v) is 3.02. The van der Waals surface area contributed by atoms with Crippen molar-refractivity contribution in [1.82, 2.24) is 4.98 Å². The summed E-state index contributed by atoms with van der Waals surface area (Å²) in [4.78, 5) is 28.0. The Balaban J connectivity index is 2.81. The number of carbonyl (C=O) groups excluding carboxylic acids is 2. The molecule has 0 radical (unpaired) electrons. The van der Waals surface area contributed by atoms with E-state index in [-0.39, 0.29) is 18.2 Å². The number of nitrogens with zero attached hydrogens (tertiary/aromatic N) is 1. The van der Waals surface area contributed by atoms with E-state index in [1.165, 1.54) is 33.5 Å². The highest BCUT2D eigenvalue weighted by Crippen LogP contribution is 2.23. The fourth-order valence-corrected chi connectivity index (χ4v) is 1.90. The molecule has 0 spiro atoms. The Hall–Kier alpha value is -2.45. The van der Waals surface area contributed by atoms with Crippen molar-refractivity contribution < 1.29 is 28.5 Å². The Morgan fingerprint density at radius 2 is 1.85 bits per heavy atom. The summed E-state index contributed by atoms with van der Waals surface area (Å²) in [6.45, 7) is 5.36. The lowest BCUT2D eigenvalue weighted by Crippen LogP contribution is -2.23. The molecule has 144 valence electrons. The van der Waals surface area contributed by atoms with Gasteiger partial charge >= 0.3 is 5.97 Å². The molecule has 1 amide bonds. The van der Waals surface area contributed by atoms with Gasteiger partial charge in [0.15, 0.2) is 6.29 Å². The molecular formula is C18H26N2O6. The Labute approximate surface area is 153 Å². The molecule has 0 saturated carbocycles. The van der Waals surface area contributed by atoms with E-state index in [0.29, 0.717) is 11.4 Å². The first-order chi connectivity index (χ1) is 12.2. The second-order valence-electron chi connectivity index (χ2n) is 6.31. The first-order valence-electron chi connectivity index (χ1n) is 8.00. The van der Waals surface area contributed by atoms with E-state index < -0.39 is 17.9 Å². The second-order valence-corrected chi connectivity index (χ2v) is 6.31. The topological polar surface area (TPSA) is 96.0 Å². The molecule has 0 unspecified atom stereocenters. The van der Waals surface area contributed by atoms with E-state index >= 15 is 0 Å². The number of methoxy groups -OCH3 is 3. The predicted molar refractivity (Wildman–Crippen MR) is 96.7 cm³/mol. The summed E-state index contributed by atoms with van der Waals surface area (Å²) in [5.41, 5.74) is 0.318. The van der Waals surface area contributed by atoms with Gasteiger partial charge < -0.3 is 24.3 Å². The summed E-state index contributed by atoms with van der Waals surface area (Å²) in [6.07, 6.45) is 2.18. The van der Waals surface area contributed by atoms with Gasteiger partial charge in [-0.3, -0.25) is 4.79 Å². The maximum absolute atomic E-state index is 12.0. The van der Waals surface area contributed by atoms with Crippen molar-refractivity contribution in [3.63, 3.8) is 0 Å². The van der Waals surface area contributed by atoms with Crippen LogP contribution in [-0.2, 0) is 23.8 Å². The van der Waals surface area contributed by atoms with Crippen LogP contribution in [-0.4, -0.2) is 50.1 Å². The molecule has 1 N–H and O–H groups in total. The Bertz CT molecular complexity index is 648. The van der Waals surface area contributed by atoms with E-state index in [1.54, 1.807) is 32.9 Å². The van der Waals surface area contributed by atoms with Crippen molar-refractivity contribution in [3.05, 3.63) is 23.9 Å². The van der Waals surface area contributed by atoms with Crippen molar-refractivity contribution in [2.45, 2.75) is 39.1 Å². The second kappa shape index (κ2) is 9.88. The van der Waals surface area contributed by atoms with Gasteiger partial charge in [0.05, 0.1) is 19.2 Å². The minimum Gasteiger partial charge on any atom is -0.479 e. The van der Waals surface area contributed by atoms with E-state index in [4.69, 9.17) is 18.9 Å². The normalized spacial score (nSPS) is 11.7. The number of pyridine rings is 1. The molecule has 8 nitrogen and oxygen atoms in total. The lowest BCUT2D eigenvalue weighted by molar-refractivity contribution is -0.148. The summed E-state index contributed by atoms with van der Waals surface area (Å²) in [5.74, 6) is -0.562.